The lowest BCUT2D eigenvalue weighted by atomic mass is 10.1. The molecule has 3 heteroatoms. The molecule has 62 valence electrons. The van der Waals surface area contributed by atoms with Crippen LogP contribution in [-0.2, 0) is 0 Å². The third kappa shape index (κ3) is 2.37. The quantitative estimate of drug-likeness (QED) is 0.683. The van der Waals surface area contributed by atoms with Crippen LogP contribution >= 0.6 is 0 Å². The maximum Gasteiger partial charge on any atom is 0.120 e. The molecule has 1 heterocycles. The summed E-state index contributed by atoms with van der Waals surface area (Å²) in [5.41, 5.74) is 5.72. The smallest absolute Gasteiger partial charge is 0.120 e. The van der Waals surface area contributed by atoms with Crippen molar-refractivity contribution in [3.63, 3.8) is 0 Å². The second-order valence-electron chi connectivity index (χ2n) is 2.49. The molecule has 1 aromatic rings. The zero-order valence-corrected chi connectivity index (χ0v) is 6.36. The first kappa shape index (κ1) is 8.30. The van der Waals surface area contributed by atoms with Crippen molar-refractivity contribution in [3.05, 3.63) is 24.2 Å². The zero-order chi connectivity index (χ0) is 8.10. The summed E-state index contributed by atoms with van der Waals surface area (Å²) in [4.78, 5) is 0. The Morgan fingerprint density at radius 2 is 2.45 bits per heavy atom. The van der Waals surface area contributed by atoms with Crippen LogP contribution < -0.4 is 5.73 Å². The van der Waals surface area contributed by atoms with Gasteiger partial charge in [-0.25, -0.2) is 0 Å². The summed E-state index contributed by atoms with van der Waals surface area (Å²) in [7, 11) is 0. The summed E-state index contributed by atoms with van der Waals surface area (Å²) < 4.78 is 5.09. The molecule has 0 aliphatic rings. The Hall–Kier alpha value is -0.800. The number of aliphatic hydroxyl groups excluding tert-OH is 1. The van der Waals surface area contributed by atoms with Crippen molar-refractivity contribution in [1.29, 1.82) is 0 Å². The minimum atomic E-state index is -0.0721. The molecule has 0 radical (unpaired) electrons. The van der Waals surface area contributed by atoms with Crippen molar-refractivity contribution < 1.29 is 9.52 Å². The van der Waals surface area contributed by atoms with Crippen molar-refractivity contribution in [2.75, 3.05) is 6.61 Å². The van der Waals surface area contributed by atoms with E-state index in [0.29, 0.717) is 0 Å². The summed E-state index contributed by atoms with van der Waals surface area (Å²) in [6.45, 7) is 0.189. The molecule has 0 saturated carbocycles. The average Bonchev–Trinajstić information content (AvgIpc) is 2.52. The van der Waals surface area contributed by atoms with E-state index in [4.69, 9.17) is 15.3 Å². The van der Waals surface area contributed by atoms with Crippen molar-refractivity contribution in [3.8, 4) is 0 Å². The van der Waals surface area contributed by atoms with Gasteiger partial charge in [-0.1, -0.05) is 0 Å². The molecule has 0 aromatic carbocycles. The molecule has 0 amide bonds. The average molecular weight is 155 g/mol. The molecule has 11 heavy (non-hydrogen) atoms. The van der Waals surface area contributed by atoms with Gasteiger partial charge in [0, 0.05) is 6.61 Å². The molecule has 3 N–H and O–H groups in total. The lowest BCUT2D eigenvalue weighted by molar-refractivity contribution is 0.276. The van der Waals surface area contributed by atoms with Crippen LogP contribution in [-0.4, -0.2) is 11.7 Å². The van der Waals surface area contributed by atoms with E-state index in [2.05, 4.69) is 0 Å². The maximum absolute atomic E-state index is 8.53. The van der Waals surface area contributed by atoms with Crippen LogP contribution in [0.3, 0.4) is 0 Å². The van der Waals surface area contributed by atoms with Crippen LogP contribution in [0, 0.1) is 0 Å². The molecule has 0 unspecified atom stereocenters. The molecule has 0 bridgehead atoms. The fourth-order valence-corrected chi connectivity index (χ4v) is 0.956. The van der Waals surface area contributed by atoms with Gasteiger partial charge in [0.1, 0.15) is 5.76 Å². The fraction of sp³-hybridized carbons (Fsp3) is 0.500. The van der Waals surface area contributed by atoms with Crippen LogP contribution in [0.1, 0.15) is 24.6 Å². The first-order valence-corrected chi connectivity index (χ1v) is 3.74. The summed E-state index contributed by atoms with van der Waals surface area (Å²) in [6, 6.07) is 3.59. The topological polar surface area (TPSA) is 59.4 Å². The van der Waals surface area contributed by atoms with Crippen molar-refractivity contribution in [2.24, 2.45) is 5.73 Å². The Balaban J connectivity index is 2.36. The van der Waals surface area contributed by atoms with Crippen molar-refractivity contribution in [2.45, 2.75) is 18.9 Å². The third-order valence-corrected chi connectivity index (χ3v) is 1.58. The van der Waals surface area contributed by atoms with Gasteiger partial charge in [-0.3, -0.25) is 0 Å². The highest BCUT2D eigenvalue weighted by molar-refractivity contribution is 5.02. The molecule has 0 spiro atoms. The minimum Gasteiger partial charge on any atom is -0.468 e. The second-order valence-corrected chi connectivity index (χ2v) is 2.49. The summed E-state index contributed by atoms with van der Waals surface area (Å²) in [5.74, 6) is 0.790. The van der Waals surface area contributed by atoms with E-state index < -0.39 is 0 Å². The molecule has 1 rings (SSSR count). The van der Waals surface area contributed by atoms with E-state index in [-0.39, 0.29) is 12.6 Å². The molecule has 3 nitrogen and oxygen atoms in total. The molecule has 0 aliphatic heterocycles. The number of rotatable bonds is 4. The van der Waals surface area contributed by atoms with Gasteiger partial charge in [0.15, 0.2) is 0 Å². The Morgan fingerprint density at radius 1 is 1.64 bits per heavy atom. The number of hydrogen-bond donors (Lipinski definition) is 2. The second kappa shape index (κ2) is 4.16. The Morgan fingerprint density at radius 3 is 3.00 bits per heavy atom. The van der Waals surface area contributed by atoms with Crippen LogP contribution in [0.4, 0.5) is 0 Å². The summed E-state index contributed by atoms with van der Waals surface area (Å²) in [5, 5.41) is 8.53. The van der Waals surface area contributed by atoms with Gasteiger partial charge in [-0.2, -0.15) is 0 Å². The van der Waals surface area contributed by atoms with Gasteiger partial charge < -0.3 is 15.3 Å². The Kier molecular flexibility index (Phi) is 3.14. The molecule has 1 atom stereocenters. The third-order valence-electron chi connectivity index (χ3n) is 1.58. The summed E-state index contributed by atoms with van der Waals surface area (Å²) in [6.07, 6.45) is 3.10. The van der Waals surface area contributed by atoms with Gasteiger partial charge in [0.25, 0.3) is 0 Å². The van der Waals surface area contributed by atoms with Gasteiger partial charge in [-0.05, 0) is 25.0 Å². The molecular weight excluding hydrogens is 142 g/mol. The number of hydrogen-bond acceptors (Lipinski definition) is 3. The number of nitrogens with two attached hydrogens (primary N) is 1. The van der Waals surface area contributed by atoms with E-state index in [1.54, 1.807) is 6.26 Å². The highest BCUT2D eigenvalue weighted by Crippen LogP contribution is 2.14. The molecular formula is C8H13NO2. The standard InChI is InChI=1S/C8H13NO2/c9-7(3-1-5-10)8-4-2-6-11-8/h2,4,6-7,10H,1,3,5,9H2/t7-/m1/s1. The highest BCUT2D eigenvalue weighted by Gasteiger charge is 2.06. The first-order chi connectivity index (χ1) is 5.34. The van der Waals surface area contributed by atoms with E-state index in [1.807, 2.05) is 12.1 Å². The highest BCUT2D eigenvalue weighted by atomic mass is 16.3. The van der Waals surface area contributed by atoms with Gasteiger partial charge in [0.2, 0.25) is 0 Å². The number of aliphatic hydroxyl groups is 1. The van der Waals surface area contributed by atoms with Gasteiger partial charge >= 0.3 is 0 Å². The van der Waals surface area contributed by atoms with Gasteiger partial charge in [-0.15, -0.1) is 0 Å². The van der Waals surface area contributed by atoms with Crippen LogP contribution in [0.25, 0.3) is 0 Å². The maximum atomic E-state index is 8.53. The SMILES string of the molecule is N[C@H](CCCO)c1ccco1. The predicted octanol–water partition coefficient (Wildman–Crippen LogP) is 1.05. The molecule has 1 aromatic heterocycles. The normalized spacial score (nSPS) is 13.3. The van der Waals surface area contributed by atoms with E-state index >= 15 is 0 Å². The van der Waals surface area contributed by atoms with Crippen LogP contribution in [0.5, 0.6) is 0 Å². The Labute approximate surface area is 65.8 Å². The van der Waals surface area contributed by atoms with Crippen molar-refractivity contribution >= 4 is 0 Å². The lowest BCUT2D eigenvalue weighted by Crippen LogP contribution is -2.09. The van der Waals surface area contributed by atoms with Gasteiger partial charge in [0.05, 0.1) is 12.3 Å². The minimum absolute atomic E-state index is 0.0721. The van der Waals surface area contributed by atoms with E-state index in [0.717, 1.165) is 18.6 Å². The van der Waals surface area contributed by atoms with Crippen molar-refractivity contribution in [1.82, 2.24) is 0 Å². The van der Waals surface area contributed by atoms with Crippen LogP contribution in [0.2, 0.25) is 0 Å². The monoisotopic (exact) mass is 155 g/mol. The molecule has 0 aliphatic carbocycles. The molecule has 0 saturated heterocycles. The lowest BCUT2D eigenvalue weighted by Gasteiger charge is -2.05. The van der Waals surface area contributed by atoms with E-state index in [9.17, 15) is 0 Å². The summed E-state index contributed by atoms with van der Waals surface area (Å²) >= 11 is 0. The fourth-order valence-electron chi connectivity index (χ4n) is 0.956. The zero-order valence-electron chi connectivity index (χ0n) is 6.36. The first-order valence-electron chi connectivity index (χ1n) is 3.74. The molecule has 0 fully saturated rings. The Bertz CT molecular complexity index is 184. The largest absolute Gasteiger partial charge is 0.468 e. The van der Waals surface area contributed by atoms with Crippen LogP contribution in [0.15, 0.2) is 22.8 Å². The number of furan rings is 1. The predicted molar refractivity (Wildman–Crippen MR) is 42.0 cm³/mol. The van der Waals surface area contributed by atoms with E-state index in [1.165, 1.54) is 0 Å².